The number of hydrogen-bond donors (Lipinski definition) is 0. The molecule has 1 heterocycles. The summed E-state index contributed by atoms with van der Waals surface area (Å²) >= 11 is 5.50. The Bertz CT molecular complexity index is 314. The molecule has 0 aromatic carbocycles. The summed E-state index contributed by atoms with van der Waals surface area (Å²) in [7, 11) is 0. The Morgan fingerprint density at radius 1 is 1.55 bits per heavy atom. The van der Waals surface area contributed by atoms with Crippen molar-refractivity contribution in [2.75, 3.05) is 0 Å². The molecule has 60 valence electrons. The SMILES string of the molecule is Cc1cc(CCl)c(=O)oc1C. The van der Waals surface area contributed by atoms with E-state index in [9.17, 15) is 4.79 Å². The molecule has 0 saturated heterocycles. The van der Waals surface area contributed by atoms with Gasteiger partial charge >= 0.3 is 5.63 Å². The molecule has 0 saturated carbocycles. The van der Waals surface area contributed by atoms with Crippen LogP contribution in [0.4, 0.5) is 0 Å². The molecule has 0 unspecified atom stereocenters. The maximum atomic E-state index is 11.0. The van der Waals surface area contributed by atoms with E-state index in [1.165, 1.54) is 0 Å². The lowest BCUT2D eigenvalue weighted by Gasteiger charge is -1.98. The number of hydrogen-bond acceptors (Lipinski definition) is 2. The molecular formula is C8H9ClO2. The first kappa shape index (κ1) is 8.34. The van der Waals surface area contributed by atoms with E-state index in [0.29, 0.717) is 11.3 Å². The molecule has 0 spiro atoms. The molecule has 0 atom stereocenters. The van der Waals surface area contributed by atoms with Crippen LogP contribution >= 0.6 is 11.6 Å². The molecule has 0 N–H and O–H groups in total. The van der Waals surface area contributed by atoms with Crippen molar-refractivity contribution in [1.29, 1.82) is 0 Å². The highest BCUT2D eigenvalue weighted by molar-refractivity contribution is 6.17. The van der Waals surface area contributed by atoms with Gasteiger partial charge in [-0.05, 0) is 25.5 Å². The molecule has 11 heavy (non-hydrogen) atoms. The van der Waals surface area contributed by atoms with Gasteiger partial charge in [0.2, 0.25) is 0 Å². The zero-order valence-electron chi connectivity index (χ0n) is 6.48. The normalized spacial score (nSPS) is 10.1. The van der Waals surface area contributed by atoms with Crippen LogP contribution in [0, 0.1) is 13.8 Å². The average molecular weight is 173 g/mol. The van der Waals surface area contributed by atoms with Crippen LogP contribution in [0.15, 0.2) is 15.3 Å². The van der Waals surface area contributed by atoms with E-state index in [0.717, 1.165) is 5.56 Å². The van der Waals surface area contributed by atoms with Gasteiger partial charge in [0.1, 0.15) is 5.76 Å². The van der Waals surface area contributed by atoms with Gasteiger partial charge in [0.05, 0.1) is 11.4 Å². The summed E-state index contributed by atoms with van der Waals surface area (Å²) < 4.78 is 4.89. The van der Waals surface area contributed by atoms with Gasteiger partial charge in [-0.15, -0.1) is 11.6 Å². The fourth-order valence-electron chi connectivity index (χ4n) is 0.800. The predicted octanol–water partition coefficient (Wildman–Crippen LogP) is 2.00. The van der Waals surface area contributed by atoms with Crippen LogP contribution in [0.2, 0.25) is 0 Å². The van der Waals surface area contributed by atoms with Gasteiger partial charge in [0, 0.05) is 0 Å². The Kier molecular flexibility index (Phi) is 2.35. The monoisotopic (exact) mass is 172 g/mol. The molecule has 1 rings (SSSR count). The van der Waals surface area contributed by atoms with Gasteiger partial charge < -0.3 is 4.42 Å². The minimum absolute atomic E-state index is 0.212. The molecule has 1 aromatic rings. The van der Waals surface area contributed by atoms with E-state index < -0.39 is 0 Å². The molecule has 0 aliphatic heterocycles. The Morgan fingerprint density at radius 3 is 2.73 bits per heavy atom. The molecule has 3 heteroatoms. The first-order valence-corrected chi connectivity index (χ1v) is 3.85. The third-order valence-corrected chi connectivity index (χ3v) is 1.89. The summed E-state index contributed by atoms with van der Waals surface area (Å²) in [5.41, 5.74) is 1.15. The molecule has 0 aliphatic rings. The zero-order chi connectivity index (χ0) is 8.43. The van der Waals surface area contributed by atoms with Crippen LogP contribution in [-0.4, -0.2) is 0 Å². The van der Waals surface area contributed by atoms with E-state index >= 15 is 0 Å². The molecule has 0 amide bonds. The van der Waals surface area contributed by atoms with Crippen molar-refractivity contribution in [1.82, 2.24) is 0 Å². The number of halogens is 1. The van der Waals surface area contributed by atoms with E-state index in [1.807, 2.05) is 6.92 Å². The maximum absolute atomic E-state index is 11.0. The van der Waals surface area contributed by atoms with Crippen molar-refractivity contribution in [3.05, 3.63) is 33.4 Å². The molecular weight excluding hydrogens is 164 g/mol. The largest absolute Gasteiger partial charge is 0.428 e. The first-order valence-electron chi connectivity index (χ1n) is 3.31. The Morgan fingerprint density at radius 2 is 2.18 bits per heavy atom. The van der Waals surface area contributed by atoms with E-state index in [-0.39, 0.29) is 11.5 Å². The summed E-state index contributed by atoms with van der Waals surface area (Å²) in [5, 5.41) is 0. The number of aryl methyl sites for hydroxylation is 2. The summed E-state index contributed by atoms with van der Waals surface area (Å²) in [6.45, 7) is 3.64. The van der Waals surface area contributed by atoms with E-state index in [4.69, 9.17) is 16.0 Å². The second kappa shape index (κ2) is 3.09. The lowest BCUT2D eigenvalue weighted by molar-refractivity contribution is 0.470. The van der Waals surface area contributed by atoms with Gasteiger partial charge in [0.15, 0.2) is 0 Å². The van der Waals surface area contributed by atoms with Crippen molar-refractivity contribution < 1.29 is 4.42 Å². The Labute approximate surface area is 69.8 Å². The van der Waals surface area contributed by atoms with Crippen LogP contribution < -0.4 is 5.63 Å². The maximum Gasteiger partial charge on any atom is 0.340 e. The summed E-state index contributed by atoms with van der Waals surface area (Å²) in [6, 6.07) is 1.76. The Balaban J connectivity index is 3.32. The van der Waals surface area contributed by atoms with Gasteiger partial charge in [-0.1, -0.05) is 0 Å². The lowest BCUT2D eigenvalue weighted by atomic mass is 10.2. The quantitative estimate of drug-likeness (QED) is 0.607. The molecule has 0 radical (unpaired) electrons. The summed E-state index contributed by atoms with van der Waals surface area (Å²) in [4.78, 5) is 11.0. The molecule has 0 aliphatic carbocycles. The van der Waals surface area contributed by atoms with Gasteiger partial charge in [-0.2, -0.15) is 0 Å². The second-order valence-electron chi connectivity index (χ2n) is 2.43. The minimum Gasteiger partial charge on any atom is -0.428 e. The number of rotatable bonds is 1. The van der Waals surface area contributed by atoms with Crippen molar-refractivity contribution >= 4 is 11.6 Å². The highest BCUT2D eigenvalue weighted by atomic mass is 35.5. The van der Waals surface area contributed by atoms with Gasteiger partial charge in [0.25, 0.3) is 0 Å². The molecule has 0 fully saturated rings. The van der Waals surface area contributed by atoms with Crippen LogP contribution in [-0.2, 0) is 5.88 Å². The smallest absolute Gasteiger partial charge is 0.340 e. The highest BCUT2D eigenvalue weighted by Gasteiger charge is 2.02. The lowest BCUT2D eigenvalue weighted by Crippen LogP contribution is -2.06. The minimum atomic E-state index is -0.330. The standard InChI is InChI=1S/C8H9ClO2/c1-5-3-7(4-9)8(10)11-6(5)2/h3H,4H2,1-2H3. The second-order valence-corrected chi connectivity index (χ2v) is 2.70. The third-order valence-electron chi connectivity index (χ3n) is 1.60. The topological polar surface area (TPSA) is 30.2 Å². The van der Waals surface area contributed by atoms with Gasteiger partial charge in [-0.3, -0.25) is 0 Å². The highest BCUT2D eigenvalue weighted by Crippen LogP contribution is 2.06. The summed E-state index contributed by atoms with van der Waals surface area (Å²) in [6.07, 6.45) is 0. The van der Waals surface area contributed by atoms with Crippen LogP contribution in [0.1, 0.15) is 16.9 Å². The zero-order valence-corrected chi connectivity index (χ0v) is 7.23. The average Bonchev–Trinajstić information content (AvgIpc) is 1.97. The summed E-state index contributed by atoms with van der Waals surface area (Å²) in [5.74, 6) is 0.868. The van der Waals surface area contributed by atoms with Gasteiger partial charge in [-0.25, -0.2) is 4.79 Å². The van der Waals surface area contributed by atoms with Crippen molar-refractivity contribution in [2.24, 2.45) is 0 Å². The first-order chi connectivity index (χ1) is 5.15. The van der Waals surface area contributed by atoms with Crippen molar-refractivity contribution in [2.45, 2.75) is 19.7 Å². The fraction of sp³-hybridized carbons (Fsp3) is 0.375. The Hall–Kier alpha value is -0.760. The molecule has 2 nitrogen and oxygen atoms in total. The van der Waals surface area contributed by atoms with Crippen LogP contribution in [0.25, 0.3) is 0 Å². The van der Waals surface area contributed by atoms with Crippen molar-refractivity contribution in [3.63, 3.8) is 0 Å². The molecule has 0 bridgehead atoms. The van der Waals surface area contributed by atoms with E-state index in [1.54, 1.807) is 13.0 Å². The van der Waals surface area contributed by atoms with Crippen LogP contribution in [0.3, 0.4) is 0 Å². The predicted molar refractivity (Wildman–Crippen MR) is 44.0 cm³/mol. The van der Waals surface area contributed by atoms with E-state index in [2.05, 4.69) is 0 Å². The number of alkyl halides is 1. The van der Waals surface area contributed by atoms with Crippen molar-refractivity contribution in [3.8, 4) is 0 Å². The third kappa shape index (κ3) is 1.63. The van der Waals surface area contributed by atoms with Crippen LogP contribution in [0.5, 0.6) is 0 Å². The fourth-order valence-corrected chi connectivity index (χ4v) is 0.986. The molecule has 1 aromatic heterocycles.